The molecule has 1 amide bonds. The zero-order valence-electron chi connectivity index (χ0n) is 13.5. The van der Waals surface area contributed by atoms with Gasteiger partial charge in [-0.2, -0.15) is 0 Å². The Morgan fingerprint density at radius 3 is 2.52 bits per heavy atom. The van der Waals surface area contributed by atoms with Crippen LogP contribution in [0.5, 0.6) is 0 Å². The van der Waals surface area contributed by atoms with E-state index in [9.17, 15) is 9.18 Å². The first-order valence-electron chi connectivity index (χ1n) is 9.04. The van der Waals surface area contributed by atoms with E-state index < -0.39 is 0 Å². The molecule has 1 aromatic carbocycles. The van der Waals surface area contributed by atoms with Crippen molar-refractivity contribution in [3.05, 3.63) is 35.6 Å². The van der Waals surface area contributed by atoms with Crippen LogP contribution in [0, 0.1) is 11.7 Å². The van der Waals surface area contributed by atoms with Gasteiger partial charge in [-0.3, -0.25) is 9.69 Å². The summed E-state index contributed by atoms with van der Waals surface area (Å²) in [6.07, 6.45) is 8.09. The smallest absolute Gasteiger partial charge is 0.224 e. The minimum absolute atomic E-state index is 0.0909. The van der Waals surface area contributed by atoms with E-state index in [2.05, 4.69) is 10.2 Å². The Morgan fingerprint density at radius 1 is 1.04 bits per heavy atom. The number of amides is 1. The second kappa shape index (κ2) is 6.23. The Morgan fingerprint density at radius 2 is 1.78 bits per heavy atom. The number of fused-ring (bicyclic) bond motifs is 1. The SMILES string of the molecule is O=C1NCCC[C@H]2[C@H]1C[C@@H](c1ccc(F)cc1)N2C1CCCC1. The van der Waals surface area contributed by atoms with E-state index in [0.29, 0.717) is 12.1 Å². The summed E-state index contributed by atoms with van der Waals surface area (Å²) in [6.45, 7) is 0.811. The molecule has 1 N–H and O–H groups in total. The van der Waals surface area contributed by atoms with E-state index in [0.717, 1.165) is 25.8 Å². The predicted molar refractivity (Wildman–Crippen MR) is 87.4 cm³/mol. The number of hydrogen-bond donors (Lipinski definition) is 1. The van der Waals surface area contributed by atoms with Gasteiger partial charge in [0.1, 0.15) is 5.82 Å². The summed E-state index contributed by atoms with van der Waals surface area (Å²) in [5, 5.41) is 3.08. The lowest BCUT2D eigenvalue weighted by molar-refractivity contribution is -0.125. The normalized spacial score (nSPS) is 32.6. The molecule has 1 aromatic rings. The molecule has 4 heteroatoms. The maximum absolute atomic E-state index is 13.3. The lowest BCUT2D eigenvalue weighted by Crippen LogP contribution is -2.42. The van der Waals surface area contributed by atoms with Crippen LogP contribution in [0.1, 0.15) is 56.6 Å². The second-order valence-electron chi connectivity index (χ2n) is 7.30. The molecule has 124 valence electrons. The summed E-state index contributed by atoms with van der Waals surface area (Å²) in [6, 6.07) is 8.13. The van der Waals surface area contributed by atoms with Crippen LogP contribution in [0.25, 0.3) is 0 Å². The quantitative estimate of drug-likeness (QED) is 0.907. The number of nitrogens with one attached hydrogen (secondary N) is 1. The number of likely N-dealkylation sites (tertiary alicyclic amines) is 1. The molecule has 2 aliphatic heterocycles. The van der Waals surface area contributed by atoms with Gasteiger partial charge >= 0.3 is 0 Å². The fraction of sp³-hybridized carbons (Fsp3) is 0.632. The Hall–Kier alpha value is -1.42. The topological polar surface area (TPSA) is 32.3 Å². The van der Waals surface area contributed by atoms with E-state index in [4.69, 9.17) is 0 Å². The van der Waals surface area contributed by atoms with E-state index in [1.165, 1.54) is 31.2 Å². The summed E-state index contributed by atoms with van der Waals surface area (Å²) in [5.41, 5.74) is 1.17. The molecular weight excluding hydrogens is 291 g/mol. The van der Waals surface area contributed by atoms with Crippen LogP contribution >= 0.6 is 0 Å². The highest BCUT2D eigenvalue weighted by Crippen LogP contribution is 2.46. The lowest BCUT2D eigenvalue weighted by atomic mass is 9.94. The first-order chi connectivity index (χ1) is 11.2. The third-order valence-corrected chi connectivity index (χ3v) is 6.00. The van der Waals surface area contributed by atoms with E-state index in [1.54, 1.807) is 12.1 Å². The molecule has 0 radical (unpaired) electrons. The van der Waals surface area contributed by atoms with Gasteiger partial charge in [0.05, 0.1) is 5.92 Å². The molecule has 0 spiro atoms. The molecule has 23 heavy (non-hydrogen) atoms. The van der Waals surface area contributed by atoms with Gasteiger partial charge in [-0.1, -0.05) is 25.0 Å². The van der Waals surface area contributed by atoms with Crippen LogP contribution in [0.4, 0.5) is 4.39 Å². The molecule has 1 aliphatic carbocycles. The maximum Gasteiger partial charge on any atom is 0.224 e. The third kappa shape index (κ3) is 2.78. The van der Waals surface area contributed by atoms with Crippen LogP contribution in [0.3, 0.4) is 0 Å². The van der Waals surface area contributed by atoms with E-state index >= 15 is 0 Å². The molecule has 4 rings (SSSR count). The van der Waals surface area contributed by atoms with Gasteiger partial charge in [-0.05, 0) is 49.8 Å². The summed E-state index contributed by atoms with van der Waals surface area (Å²) in [7, 11) is 0. The number of carbonyl (C=O) groups excluding carboxylic acids is 1. The molecule has 0 bridgehead atoms. The number of rotatable bonds is 2. The van der Waals surface area contributed by atoms with E-state index in [1.807, 2.05) is 12.1 Å². The fourth-order valence-electron chi connectivity index (χ4n) is 4.96. The molecule has 2 saturated heterocycles. The highest BCUT2D eigenvalue weighted by molar-refractivity contribution is 5.80. The largest absolute Gasteiger partial charge is 0.356 e. The molecule has 3 nitrogen and oxygen atoms in total. The number of halogens is 1. The summed E-state index contributed by atoms with van der Waals surface area (Å²) in [5.74, 6) is 0.124. The highest BCUT2D eigenvalue weighted by Gasteiger charge is 2.48. The molecule has 3 aliphatic rings. The fourth-order valence-corrected chi connectivity index (χ4v) is 4.96. The summed E-state index contributed by atoms with van der Waals surface area (Å²) in [4.78, 5) is 15.1. The minimum Gasteiger partial charge on any atom is -0.356 e. The molecule has 3 atom stereocenters. The summed E-state index contributed by atoms with van der Waals surface area (Å²) < 4.78 is 13.3. The van der Waals surface area contributed by atoms with Crippen molar-refractivity contribution in [3.8, 4) is 0 Å². The van der Waals surface area contributed by atoms with Crippen molar-refractivity contribution in [1.82, 2.24) is 10.2 Å². The van der Waals surface area contributed by atoms with Crippen molar-refractivity contribution in [2.45, 2.75) is 63.1 Å². The molecular formula is C19H25FN2O. The number of nitrogens with zero attached hydrogens (tertiary/aromatic N) is 1. The summed E-state index contributed by atoms with van der Waals surface area (Å²) >= 11 is 0. The molecule has 1 saturated carbocycles. The van der Waals surface area contributed by atoms with Gasteiger partial charge in [0.2, 0.25) is 5.91 Å². The van der Waals surface area contributed by atoms with Crippen molar-refractivity contribution in [3.63, 3.8) is 0 Å². The zero-order chi connectivity index (χ0) is 15.8. The Kier molecular flexibility index (Phi) is 4.10. The van der Waals surface area contributed by atoms with Crippen molar-refractivity contribution in [2.24, 2.45) is 5.92 Å². The van der Waals surface area contributed by atoms with Crippen LogP contribution in [0.2, 0.25) is 0 Å². The van der Waals surface area contributed by atoms with Crippen LogP contribution in [0.15, 0.2) is 24.3 Å². The molecule has 2 heterocycles. The maximum atomic E-state index is 13.3. The van der Waals surface area contributed by atoms with Crippen molar-refractivity contribution < 1.29 is 9.18 Å². The monoisotopic (exact) mass is 316 g/mol. The first kappa shape index (κ1) is 15.1. The van der Waals surface area contributed by atoms with Crippen LogP contribution < -0.4 is 5.32 Å². The van der Waals surface area contributed by atoms with Crippen LogP contribution in [-0.4, -0.2) is 29.4 Å². The van der Waals surface area contributed by atoms with Gasteiger partial charge < -0.3 is 5.32 Å². The second-order valence-corrected chi connectivity index (χ2v) is 7.30. The van der Waals surface area contributed by atoms with Crippen molar-refractivity contribution in [2.75, 3.05) is 6.54 Å². The van der Waals surface area contributed by atoms with Gasteiger partial charge in [-0.15, -0.1) is 0 Å². The number of hydrogen-bond acceptors (Lipinski definition) is 2. The predicted octanol–water partition coefficient (Wildman–Crippen LogP) is 3.41. The van der Waals surface area contributed by atoms with Gasteiger partial charge in [0.15, 0.2) is 0 Å². The molecule has 0 unspecified atom stereocenters. The average Bonchev–Trinajstić information content (AvgIpc) is 3.16. The van der Waals surface area contributed by atoms with Crippen molar-refractivity contribution >= 4 is 5.91 Å². The van der Waals surface area contributed by atoms with Crippen LogP contribution in [-0.2, 0) is 4.79 Å². The molecule has 3 fully saturated rings. The molecule has 0 aromatic heterocycles. The number of carbonyl (C=O) groups is 1. The number of benzene rings is 1. The minimum atomic E-state index is -0.189. The third-order valence-electron chi connectivity index (χ3n) is 6.00. The van der Waals surface area contributed by atoms with Gasteiger partial charge in [0, 0.05) is 24.7 Å². The van der Waals surface area contributed by atoms with E-state index in [-0.39, 0.29) is 23.7 Å². The first-order valence-corrected chi connectivity index (χ1v) is 9.04. The Bertz CT molecular complexity index is 567. The Balaban J connectivity index is 1.68. The van der Waals surface area contributed by atoms with Gasteiger partial charge in [-0.25, -0.2) is 4.39 Å². The van der Waals surface area contributed by atoms with Crippen molar-refractivity contribution in [1.29, 1.82) is 0 Å². The Labute approximate surface area is 137 Å². The highest BCUT2D eigenvalue weighted by atomic mass is 19.1. The zero-order valence-corrected chi connectivity index (χ0v) is 13.5. The van der Waals surface area contributed by atoms with Gasteiger partial charge in [0.25, 0.3) is 0 Å². The lowest BCUT2D eigenvalue weighted by Gasteiger charge is -2.36. The standard InChI is InChI=1S/C19H25FN2O/c20-14-9-7-13(8-10-14)18-12-16-17(6-3-11-21-19(16)23)22(18)15-4-1-2-5-15/h7-10,15-18H,1-6,11-12H2,(H,21,23)/t16-,17+,18+/m1/s1. The average molecular weight is 316 g/mol.